The standard InChI is InChI=1S/C26H22Cl2O6/c1-2-32-19-13-11-18(12-14-19)25(16-26(25,27)28)24(31)34-22(23(29)30)17-7-6-10-21(15-17)33-20-8-4-3-5-9-20/h3-15,22H,2,16H2,1H3,(H,29,30). The van der Waals surface area contributed by atoms with Gasteiger partial charge in [0.25, 0.3) is 0 Å². The normalized spacial score (nSPS) is 19.0. The number of benzene rings is 3. The van der Waals surface area contributed by atoms with Crippen molar-refractivity contribution >= 4 is 35.1 Å². The van der Waals surface area contributed by atoms with Crippen LogP contribution in [0.25, 0.3) is 0 Å². The molecule has 4 rings (SSSR count). The third-order valence-electron chi connectivity index (χ3n) is 5.58. The number of rotatable bonds is 9. The van der Waals surface area contributed by atoms with E-state index < -0.39 is 27.8 Å². The van der Waals surface area contributed by atoms with Crippen LogP contribution in [0.2, 0.25) is 0 Å². The zero-order valence-electron chi connectivity index (χ0n) is 18.2. The summed E-state index contributed by atoms with van der Waals surface area (Å²) in [6.45, 7) is 2.36. The lowest BCUT2D eigenvalue weighted by Gasteiger charge is -2.22. The Morgan fingerprint density at radius 3 is 2.18 bits per heavy atom. The van der Waals surface area contributed by atoms with Crippen LogP contribution < -0.4 is 9.47 Å². The van der Waals surface area contributed by atoms with Crippen LogP contribution in [0.1, 0.15) is 30.6 Å². The van der Waals surface area contributed by atoms with Crippen LogP contribution in [0.3, 0.4) is 0 Å². The number of hydrogen-bond acceptors (Lipinski definition) is 5. The summed E-state index contributed by atoms with van der Waals surface area (Å²) < 4.78 is 15.3. The number of hydrogen-bond donors (Lipinski definition) is 1. The van der Waals surface area contributed by atoms with Crippen LogP contribution in [-0.4, -0.2) is 28.0 Å². The van der Waals surface area contributed by atoms with Gasteiger partial charge in [-0.15, -0.1) is 0 Å². The summed E-state index contributed by atoms with van der Waals surface area (Å²) in [6.07, 6.45) is -1.48. The molecule has 1 aliphatic rings. The molecule has 176 valence electrons. The molecule has 0 amide bonds. The number of carbonyl (C=O) groups excluding carboxylic acids is 1. The summed E-state index contributed by atoms with van der Waals surface area (Å²) in [4.78, 5) is 25.4. The predicted molar refractivity (Wildman–Crippen MR) is 128 cm³/mol. The monoisotopic (exact) mass is 500 g/mol. The number of carbonyl (C=O) groups is 2. The van der Waals surface area contributed by atoms with Gasteiger partial charge < -0.3 is 19.3 Å². The van der Waals surface area contributed by atoms with Crippen LogP contribution in [0.5, 0.6) is 17.2 Å². The minimum Gasteiger partial charge on any atom is -0.494 e. The predicted octanol–water partition coefficient (Wildman–Crippen LogP) is 6.06. The number of halogens is 2. The maximum Gasteiger partial charge on any atom is 0.349 e. The van der Waals surface area contributed by atoms with E-state index in [1.807, 2.05) is 25.1 Å². The number of ether oxygens (including phenoxy) is 3. The largest absolute Gasteiger partial charge is 0.494 e. The van der Waals surface area contributed by atoms with Gasteiger partial charge in [0, 0.05) is 12.0 Å². The van der Waals surface area contributed by atoms with Gasteiger partial charge in [-0.05, 0) is 48.9 Å². The average Bonchev–Trinajstić information content (AvgIpc) is 3.42. The molecule has 0 radical (unpaired) electrons. The summed E-state index contributed by atoms with van der Waals surface area (Å²) in [5.41, 5.74) is -0.616. The Kier molecular flexibility index (Phi) is 6.73. The van der Waals surface area contributed by atoms with E-state index in [0.717, 1.165) is 0 Å². The molecule has 3 aromatic rings. The lowest BCUT2D eigenvalue weighted by molar-refractivity contribution is -0.166. The minimum atomic E-state index is -1.57. The Morgan fingerprint density at radius 2 is 1.59 bits per heavy atom. The van der Waals surface area contributed by atoms with E-state index >= 15 is 0 Å². The third-order valence-corrected chi connectivity index (χ3v) is 6.49. The van der Waals surface area contributed by atoms with Gasteiger partial charge in [0.05, 0.1) is 6.61 Å². The smallest absolute Gasteiger partial charge is 0.349 e. The topological polar surface area (TPSA) is 82.1 Å². The van der Waals surface area contributed by atoms with Crippen molar-refractivity contribution in [1.29, 1.82) is 0 Å². The molecule has 0 spiro atoms. The molecule has 0 bridgehead atoms. The van der Waals surface area contributed by atoms with E-state index in [0.29, 0.717) is 29.4 Å². The van der Waals surface area contributed by atoms with Gasteiger partial charge in [0.2, 0.25) is 6.10 Å². The van der Waals surface area contributed by atoms with Crippen LogP contribution in [-0.2, 0) is 19.7 Å². The van der Waals surface area contributed by atoms with Crippen molar-refractivity contribution in [1.82, 2.24) is 0 Å². The number of para-hydroxylation sites is 1. The second-order valence-corrected chi connectivity index (χ2v) is 9.34. The van der Waals surface area contributed by atoms with Gasteiger partial charge in [-0.25, -0.2) is 4.79 Å². The van der Waals surface area contributed by atoms with Crippen molar-refractivity contribution in [2.75, 3.05) is 6.61 Å². The van der Waals surface area contributed by atoms with E-state index in [1.54, 1.807) is 54.6 Å². The minimum absolute atomic E-state index is 0.0966. The van der Waals surface area contributed by atoms with Crippen molar-refractivity contribution in [2.45, 2.75) is 29.2 Å². The van der Waals surface area contributed by atoms with Gasteiger partial charge in [-0.3, -0.25) is 4.79 Å². The fourth-order valence-electron chi connectivity index (χ4n) is 3.78. The van der Waals surface area contributed by atoms with E-state index in [1.165, 1.54) is 6.07 Å². The third kappa shape index (κ3) is 4.69. The van der Waals surface area contributed by atoms with Gasteiger partial charge in [-0.2, -0.15) is 0 Å². The number of carboxylic acid groups (broad SMARTS) is 1. The summed E-state index contributed by atoms with van der Waals surface area (Å²) in [7, 11) is 0. The quantitative estimate of drug-likeness (QED) is 0.284. The Morgan fingerprint density at radius 1 is 0.941 bits per heavy atom. The maximum absolute atomic E-state index is 13.3. The molecule has 2 atom stereocenters. The molecule has 2 unspecified atom stereocenters. The highest BCUT2D eigenvalue weighted by Gasteiger charge is 2.73. The molecule has 0 aliphatic heterocycles. The lowest BCUT2D eigenvalue weighted by atomic mass is 9.95. The first-order valence-corrected chi connectivity index (χ1v) is 11.4. The zero-order chi connectivity index (χ0) is 24.3. The molecule has 0 heterocycles. The highest BCUT2D eigenvalue weighted by Crippen LogP contribution is 2.65. The molecule has 1 N–H and O–H groups in total. The van der Waals surface area contributed by atoms with Gasteiger partial charge in [0.1, 0.15) is 27.0 Å². The van der Waals surface area contributed by atoms with Crippen molar-refractivity contribution in [3.63, 3.8) is 0 Å². The molecular formula is C26H22Cl2O6. The van der Waals surface area contributed by atoms with E-state index in [2.05, 4.69) is 0 Å². The average molecular weight is 501 g/mol. The SMILES string of the molecule is CCOc1ccc(C2(C(=O)OC(C(=O)O)c3cccc(Oc4ccccc4)c3)CC2(Cl)Cl)cc1. The van der Waals surface area contributed by atoms with Crippen LogP contribution in [0, 0.1) is 0 Å². The second kappa shape index (κ2) is 9.57. The summed E-state index contributed by atoms with van der Waals surface area (Å²) in [6, 6.07) is 22.2. The van der Waals surface area contributed by atoms with Crippen molar-refractivity contribution in [2.24, 2.45) is 0 Å². The fourth-order valence-corrected chi connectivity index (χ4v) is 4.55. The van der Waals surface area contributed by atoms with Crippen molar-refractivity contribution < 1.29 is 28.9 Å². The fraction of sp³-hybridized carbons (Fsp3) is 0.231. The summed E-state index contributed by atoms with van der Waals surface area (Å²) >= 11 is 12.8. The number of esters is 1. The molecule has 0 saturated heterocycles. The summed E-state index contributed by atoms with van der Waals surface area (Å²) in [5, 5.41) is 9.84. The Labute approximate surface area is 207 Å². The first-order chi connectivity index (χ1) is 16.3. The first-order valence-electron chi connectivity index (χ1n) is 10.6. The first kappa shape index (κ1) is 23.9. The molecule has 1 saturated carbocycles. The molecule has 0 aromatic heterocycles. The molecule has 34 heavy (non-hydrogen) atoms. The van der Waals surface area contributed by atoms with Crippen LogP contribution in [0.4, 0.5) is 0 Å². The lowest BCUT2D eigenvalue weighted by Crippen LogP contribution is -2.32. The van der Waals surface area contributed by atoms with Gasteiger partial charge >= 0.3 is 11.9 Å². The van der Waals surface area contributed by atoms with E-state index in [4.69, 9.17) is 37.4 Å². The van der Waals surface area contributed by atoms with E-state index in [-0.39, 0.29) is 12.0 Å². The highest BCUT2D eigenvalue weighted by atomic mass is 35.5. The second-order valence-electron chi connectivity index (χ2n) is 7.86. The summed E-state index contributed by atoms with van der Waals surface area (Å²) in [5.74, 6) is -0.526. The molecule has 1 aliphatic carbocycles. The van der Waals surface area contributed by atoms with Crippen LogP contribution >= 0.6 is 23.2 Å². The van der Waals surface area contributed by atoms with Gasteiger partial charge in [0.15, 0.2) is 0 Å². The highest BCUT2D eigenvalue weighted by molar-refractivity contribution is 6.54. The van der Waals surface area contributed by atoms with Crippen LogP contribution in [0.15, 0.2) is 78.9 Å². The molecule has 1 fully saturated rings. The van der Waals surface area contributed by atoms with Gasteiger partial charge in [-0.1, -0.05) is 65.7 Å². The molecule has 6 nitrogen and oxygen atoms in total. The van der Waals surface area contributed by atoms with Crippen molar-refractivity contribution in [3.05, 3.63) is 90.0 Å². The maximum atomic E-state index is 13.3. The van der Waals surface area contributed by atoms with Crippen molar-refractivity contribution in [3.8, 4) is 17.2 Å². The van der Waals surface area contributed by atoms with E-state index in [9.17, 15) is 14.7 Å². The Hall–Kier alpha value is -3.22. The molecular weight excluding hydrogens is 479 g/mol. The Bertz CT molecular complexity index is 1180. The molecule has 3 aromatic carbocycles. The number of aliphatic carboxylic acids is 1. The number of carboxylic acids is 1. The number of alkyl halides is 2. The molecule has 8 heteroatoms. The zero-order valence-corrected chi connectivity index (χ0v) is 19.8. The Balaban J connectivity index is 1.58.